The molecule has 38 heavy (non-hydrogen) atoms. The number of fused-ring (bicyclic) bond motifs is 6. The van der Waals surface area contributed by atoms with Crippen LogP contribution in [-0.4, -0.2) is 50.0 Å². The number of aromatic nitrogens is 4. The van der Waals surface area contributed by atoms with Crippen molar-refractivity contribution in [2.24, 2.45) is 0 Å². The van der Waals surface area contributed by atoms with Crippen LogP contribution in [0.3, 0.4) is 0 Å². The topological polar surface area (TPSA) is 121 Å². The van der Waals surface area contributed by atoms with Gasteiger partial charge in [-0.25, -0.2) is 4.98 Å². The van der Waals surface area contributed by atoms with Crippen molar-refractivity contribution < 1.29 is 9.32 Å². The quantitative estimate of drug-likeness (QED) is 0.357. The van der Waals surface area contributed by atoms with Gasteiger partial charge in [-0.2, -0.15) is 4.98 Å². The largest absolute Gasteiger partial charge is 0.382 e. The molecule has 6 bridgehead atoms. The summed E-state index contributed by atoms with van der Waals surface area (Å²) >= 11 is 0. The van der Waals surface area contributed by atoms with E-state index in [4.69, 9.17) is 4.52 Å². The third kappa shape index (κ3) is 5.15. The van der Waals surface area contributed by atoms with Crippen molar-refractivity contribution in [3.8, 4) is 0 Å². The molecule has 1 amide bonds. The number of amides is 1. The molecule has 10 heteroatoms. The summed E-state index contributed by atoms with van der Waals surface area (Å²) in [4.78, 5) is 28.1. The van der Waals surface area contributed by atoms with Gasteiger partial charge < -0.3 is 25.4 Å². The summed E-state index contributed by atoms with van der Waals surface area (Å²) in [6.45, 7) is 5.14. The van der Waals surface area contributed by atoms with Gasteiger partial charge in [0.25, 0.3) is 5.91 Å². The van der Waals surface area contributed by atoms with E-state index in [1.807, 2.05) is 24.2 Å². The molecular weight excluding hydrogens is 480 g/mol. The van der Waals surface area contributed by atoms with Gasteiger partial charge in [-0.1, -0.05) is 5.16 Å². The molecule has 0 spiro atoms. The number of rotatable bonds is 3. The number of hydrogen-bond donors (Lipinski definition) is 3. The molecule has 6 rings (SSSR count). The summed E-state index contributed by atoms with van der Waals surface area (Å²) in [6, 6.07) is 10.5. The summed E-state index contributed by atoms with van der Waals surface area (Å²) in [5, 5.41) is 14.4. The first-order valence-electron chi connectivity index (χ1n) is 12.9. The van der Waals surface area contributed by atoms with Crippen LogP contribution in [0.1, 0.15) is 45.8 Å². The third-order valence-corrected chi connectivity index (χ3v) is 7.06. The summed E-state index contributed by atoms with van der Waals surface area (Å²) in [7, 11) is 0. The lowest BCUT2D eigenvalue weighted by atomic mass is 10.00. The van der Waals surface area contributed by atoms with E-state index in [-0.39, 0.29) is 11.9 Å². The van der Waals surface area contributed by atoms with Gasteiger partial charge in [-0.05, 0) is 74.9 Å². The highest BCUT2D eigenvalue weighted by molar-refractivity contribution is 5.92. The molecule has 2 aliphatic heterocycles. The maximum Gasteiger partial charge on any atom is 0.276 e. The van der Waals surface area contributed by atoms with Gasteiger partial charge in [0.2, 0.25) is 5.95 Å². The zero-order valence-electron chi connectivity index (χ0n) is 21.5. The van der Waals surface area contributed by atoms with Crippen molar-refractivity contribution in [1.29, 1.82) is 0 Å². The minimum atomic E-state index is -0.0673. The normalized spacial score (nSPS) is 15.4. The molecule has 3 N–H and O–H groups in total. The van der Waals surface area contributed by atoms with Gasteiger partial charge in [0.05, 0.1) is 11.9 Å². The molecule has 10 nitrogen and oxygen atoms in total. The predicted molar refractivity (Wildman–Crippen MR) is 145 cm³/mol. The summed E-state index contributed by atoms with van der Waals surface area (Å²) < 4.78 is 5.08. The van der Waals surface area contributed by atoms with E-state index in [2.05, 4.69) is 60.3 Å². The van der Waals surface area contributed by atoms with E-state index in [0.29, 0.717) is 30.5 Å². The van der Waals surface area contributed by atoms with Crippen molar-refractivity contribution in [2.75, 3.05) is 29.0 Å². The molecule has 194 valence electrons. The molecule has 1 fully saturated rings. The molecule has 5 heterocycles. The number of anilines is 5. The standard InChI is InChI=1S/C28H30N8O2/c1-17-14-30-28-33-23-12-19(15-29-16-23)3-4-20-13-22(32-26(17)34-28)5-6-24(20)31-21-7-9-36(10-8-21)27(37)25-11-18(2)38-35-25/h5-6,11-16,21,31H,3-4,7-10H2,1-2H3,(H2,30,32,33,34). The lowest BCUT2D eigenvalue weighted by molar-refractivity contribution is 0.0708. The first kappa shape index (κ1) is 23.9. The summed E-state index contributed by atoms with van der Waals surface area (Å²) in [6.07, 6.45) is 8.94. The smallest absolute Gasteiger partial charge is 0.276 e. The molecule has 3 aromatic heterocycles. The van der Waals surface area contributed by atoms with Gasteiger partial charge in [0, 0.05) is 54.5 Å². The van der Waals surface area contributed by atoms with Gasteiger partial charge in [0.1, 0.15) is 11.6 Å². The maximum atomic E-state index is 12.7. The van der Waals surface area contributed by atoms with Gasteiger partial charge in [-0.15, -0.1) is 0 Å². The number of benzene rings is 1. The van der Waals surface area contributed by atoms with Crippen LogP contribution < -0.4 is 16.0 Å². The Bertz CT molecular complexity index is 1480. The van der Waals surface area contributed by atoms with E-state index < -0.39 is 0 Å². The Morgan fingerprint density at radius 1 is 1.03 bits per heavy atom. The van der Waals surface area contributed by atoms with Crippen molar-refractivity contribution in [3.63, 3.8) is 0 Å². The number of carbonyl (C=O) groups excluding carboxylic acids is 1. The number of hydrogen-bond acceptors (Lipinski definition) is 9. The second-order valence-electron chi connectivity index (χ2n) is 9.96. The van der Waals surface area contributed by atoms with Crippen molar-refractivity contribution >= 4 is 34.7 Å². The SMILES string of the molecule is Cc1cc(C(=O)N2CCC(Nc3ccc4cc3CCc3cncc(c3)Nc3ncc(C)c(n3)N4)CC2)no1. The number of nitrogens with one attached hydrogen (secondary N) is 3. The molecule has 4 aromatic rings. The number of piperidine rings is 1. The van der Waals surface area contributed by atoms with Crippen LogP contribution >= 0.6 is 0 Å². The van der Waals surface area contributed by atoms with E-state index in [0.717, 1.165) is 59.7 Å². The summed E-state index contributed by atoms with van der Waals surface area (Å²) in [5.41, 5.74) is 6.65. The average Bonchev–Trinajstić information content (AvgIpc) is 3.36. The Kier molecular flexibility index (Phi) is 6.36. The minimum Gasteiger partial charge on any atom is -0.382 e. The van der Waals surface area contributed by atoms with Crippen LogP contribution in [0, 0.1) is 13.8 Å². The van der Waals surface area contributed by atoms with Gasteiger partial charge in [-0.3, -0.25) is 9.78 Å². The number of aryl methyl sites for hydroxylation is 4. The van der Waals surface area contributed by atoms with Crippen molar-refractivity contribution in [1.82, 2.24) is 25.0 Å². The lowest BCUT2D eigenvalue weighted by Gasteiger charge is -2.33. The Morgan fingerprint density at radius 2 is 1.89 bits per heavy atom. The van der Waals surface area contributed by atoms with Gasteiger partial charge in [0.15, 0.2) is 5.69 Å². The molecule has 0 unspecified atom stereocenters. The molecule has 1 aromatic carbocycles. The lowest BCUT2D eigenvalue weighted by Crippen LogP contribution is -2.42. The van der Waals surface area contributed by atoms with Crippen molar-refractivity contribution in [2.45, 2.75) is 45.6 Å². The first-order chi connectivity index (χ1) is 18.5. The Labute approximate surface area is 220 Å². The van der Waals surface area contributed by atoms with E-state index in [9.17, 15) is 4.79 Å². The number of likely N-dealkylation sites (tertiary alicyclic amines) is 1. The highest BCUT2D eigenvalue weighted by atomic mass is 16.5. The fourth-order valence-corrected chi connectivity index (χ4v) is 4.96. The third-order valence-electron chi connectivity index (χ3n) is 7.06. The zero-order chi connectivity index (χ0) is 26.1. The van der Waals surface area contributed by atoms with Crippen molar-refractivity contribution in [3.05, 3.63) is 77.1 Å². The summed E-state index contributed by atoms with van der Waals surface area (Å²) in [5.74, 6) is 1.86. The predicted octanol–water partition coefficient (Wildman–Crippen LogP) is 4.78. The van der Waals surface area contributed by atoms with Crippen LogP contribution in [0.25, 0.3) is 0 Å². The fourth-order valence-electron chi connectivity index (χ4n) is 4.96. The van der Waals surface area contributed by atoms with Crippen LogP contribution in [0.2, 0.25) is 0 Å². The Morgan fingerprint density at radius 3 is 2.71 bits per heavy atom. The second-order valence-corrected chi connectivity index (χ2v) is 9.96. The minimum absolute atomic E-state index is 0.0673. The zero-order valence-corrected chi connectivity index (χ0v) is 21.5. The molecule has 0 radical (unpaired) electrons. The molecule has 0 saturated carbocycles. The Balaban J connectivity index is 1.21. The van der Waals surface area contributed by atoms with Crippen LogP contribution in [0.5, 0.6) is 0 Å². The average molecular weight is 511 g/mol. The fraction of sp³-hybridized carbons (Fsp3) is 0.321. The van der Waals surface area contributed by atoms with E-state index >= 15 is 0 Å². The molecular formula is C28H30N8O2. The molecule has 0 aliphatic carbocycles. The van der Waals surface area contributed by atoms with Crippen LogP contribution in [-0.2, 0) is 12.8 Å². The highest BCUT2D eigenvalue weighted by Gasteiger charge is 2.26. The second kappa shape index (κ2) is 10.1. The highest BCUT2D eigenvalue weighted by Crippen LogP contribution is 2.29. The molecule has 0 atom stereocenters. The molecule has 1 saturated heterocycles. The van der Waals surface area contributed by atoms with E-state index in [1.54, 1.807) is 19.2 Å². The van der Waals surface area contributed by atoms with Crippen LogP contribution in [0.15, 0.2) is 53.4 Å². The van der Waals surface area contributed by atoms with Gasteiger partial charge >= 0.3 is 0 Å². The van der Waals surface area contributed by atoms with E-state index in [1.165, 1.54) is 5.56 Å². The van der Waals surface area contributed by atoms with Crippen LogP contribution in [0.4, 0.5) is 28.8 Å². The maximum absolute atomic E-state index is 12.7. The molecule has 2 aliphatic rings. The number of carbonyl (C=O) groups is 1. The number of nitrogens with zero attached hydrogens (tertiary/aromatic N) is 5. The first-order valence-corrected chi connectivity index (χ1v) is 12.9. The number of pyridine rings is 1. The monoisotopic (exact) mass is 510 g/mol. The Hall–Kier alpha value is -4.47.